The highest BCUT2D eigenvalue weighted by Crippen LogP contribution is 2.27. The number of thiazole rings is 1. The van der Waals surface area contributed by atoms with Crippen LogP contribution in [0.2, 0.25) is 0 Å². The summed E-state index contributed by atoms with van der Waals surface area (Å²) in [6.07, 6.45) is 0.806. The molecule has 3 N–H and O–H groups in total. The fraction of sp³-hybridized carbons (Fsp3) is 0.227. The van der Waals surface area contributed by atoms with Gasteiger partial charge in [0, 0.05) is 17.6 Å². The normalized spacial score (nSPS) is 10.3. The van der Waals surface area contributed by atoms with Crippen LogP contribution in [0.4, 0.5) is 15.6 Å². The van der Waals surface area contributed by atoms with E-state index < -0.39 is 0 Å². The lowest BCUT2D eigenvalue weighted by Crippen LogP contribution is -2.27. The van der Waals surface area contributed by atoms with Crippen LogP contribution in [-0.4, -0.2) is 37.7 Å². The molecule has 0 fully saturated rings. The van der Waals surface area contributed by atoms with Gasteiger partial charge in [0.05, 0.1) is 26.3 Å². The van der Waals surface area contributed by atoms with Gasteiger partial charge in [0.25, 0.3) is 0 Å². The highest BCUT2D eigenvalue weighted by molar-refractivity contribution is 7.14. The van der Waals surface area contributed by atoms with Gasteiger partial charge in [-0.25, -0.2) is 9.78 Å². The van der Waals surface area contributed by atoms with Crippen molar-refractivity contribution in [1.82, 2.24) is 10.3 Å². The number of urea groups is 1. The van der Waals surface area contributed by atoms with Crippen molar-refractivity contribution in [1.29, 1.82) is 0 Å². The lowest BCUT2D eigenvalue weighted by Gasteiger charge is -2.10. The molecule has 3 aromatic rings. The summed E-state index contributed by atoms with van der Waals surface area (Å²) in [6.45, 7) is 0.489. The smallest absolute Gasteiger partial charge is 0.325 e. The van der Waals surface area contributed by atoms with Gasteiger partial charge in [-0.2, -0.15) is 0 Å². The number of nitrogens with zero attached hydrogens (tertiary/aromatic N) is 1. The molecule has 0 saturated heterocycles. The first-order valence-corrected chi connectivity index (χ1v) is 10.5. The molecule has 0 radical (unpaired) electrons. The third-order valence-electron chi connectivity index (χ3n) is 4.33. The van der Waals surface area contributed by atoms with Gasteiger partial charge in [-0.3, -0.25) is 10.1 Å². The van der Waals surface area contributed by atoms with Gasteiger partial charge in [-0.15, -0.1) is 11.3 Å². The quantitative estimate of drug-likeness (QED) is 0.471. The first-order valence-electron chi connectivity index (χ1n) is 9.62. The van der Waals surface area contributed by atoms with Crippen molar-refractivity contribution in [3.63, 3.8) is 0 Å². The van der Waals surface area contributed by atoms with Crippen molar-refractivity contribution in [2.75, 3.05) is 31.4 Å². The van der Waals surface area contributed by atoms with Crippen LogP contribution >= 0.6 is 11.3 Å². The summed E-state index contributed by atoms with van der Waals surface area (Å²) in [7, 11) is 3.18. The molecular weight excluding hydrogens is 416 g/mol. The molecule has 9 heteroatoms. The Labute approximate surface area is 184 Å². The van der Waals surface area contributed by atoms with E-state index in [2.05, 4.69) is 20.9 Å². The number of rotatable bonds is 9. The van der Waals surface area contributed by atoms with Crippen molar-refractivity contribution < 1.29 is 19.1 Å². The van der Waals surface area contributed by atoms with E-state index in [1.807, 2.05) is 36.4 Å². The van der Waals surface area contributed by atoms with Crippen LogP contribution in [0.3, 0.4) is 0 Å². The molecule has 0 saturated carbocycles. The minimum absolute atomic E-state index is 0.133. The maximum Gasteiger partial charge on any atom is 0.325 e. The van der Waals surface area contributed by atoms with Crippen molar-refractivity contribution in [3.8, 4) is 11.5 Å². The fourth-order valence-corrected chi connectivity index (χ4v) is 3.54. The second kappa shape index (κ2) is 11.0. The monoisotopic (exact) mass is 440 g/mol. The first-order chi connectivity index (χ1) is 15.1. The Kier molecular flexibility index (Phi) is 7.83. The Morgan fingerprint density at radius 3 is 2.52 bits per heavy atom. The van der Waals surface area contributed by atoms with E-state index in [-0.39, 0.29) is 18.4 Å². The Morgan fingerprint density at radius 1 is 1.00 bits per heavy atom. The SMILES string of the molecule is COc1ccc(CCNC(=O)Cc2csc(NC(=O)Nc3ccccc3)n2)cc1OC. The number of aromatic nitrogens is 1. The molecule has 0 aliphatic heterocycles. The van der Waals surface area contributed by atoms with Crippen LogP contribution in [0.1, 0.15) is 11.3 Å². The van der Waals surface area contributed by atoms with Gasteiger partial charge in [0.2, 0.25) is 5.91 Å². The summed E-state index contributed by atoms with van der Waals surface area (Å²) >= 11 is 1.27. The van der Waals surface area contributed by atoms with Gasteiger partial charge in [0.15, 0.2) is 16.6 Å². The van der Waals surface area contributed by atoms with Crippen molar-refractivity contribution >= 4 is 34.1 Å². The first kappa shape index (κ1) is 22.1. The Morgan fingerprint density at radius 2 is 1.77 bits per heavy atom. The zero-order valence-electron chi connectivity index (χ0n) is 17.3. The van der Waals surface area contributed by atoms with Gasteiger partial charge in [0.1, 0.15) is 0 Å². The van der Waals surface area contributed by atoms with Crippen LogP contribution in [0.5, 0.6) is 11.5 Å². The molecule has 31 heavy (non-hydrogen) atoms. The molecule has 3 rings (SSSR count). The predicted octanol–water partition coefficient (Wildman–Crippen LogP) is 3.71. The second-order valence-corrected chi connectivity index (χ2v) is 7.41. The molecule has 1 heterocycles. The summed E-state index contributed by atoms with van der Waals surface area (Å²) in [4.78, 5) is 28.5. The van der Waals surface area contributed by atoms with Gasteiger partial charge < -0.3 is 20.1 Å². The van der Waals surface area contributed by atoms with Gasteiger partial charge >= 0.3 is 6.03 Å². The maximum atomic E-state index is 12.2. The van der Waals surface area contributed by atoms with Crippen LogP contribution in [0.25, 0.3) is 0 Å². The molecule has 1 aromatic heterocycles. The van der Waals surface area contributed by atoms with Crippen LogP contribution in [0.15, 0.2) is 53.9 Å². The number of para-hydroxylation sites is 1. The van der Waals surface area contributed by atoms with E-state index >= 15 is 0 Å². The van der Waals surface area contributed by atoms with Crippen molar-refractivity contribution in [2.24, 2.45) is 0 Å². The molecule has 0 aliphatic rings. The standard InChI is InChI=1S/C22H24N4O4S/c1-29-18-9-8-15(12-19(18)30-2)10-11-23-20(27)13-17-14-31-22(25-17)26-21(28)24-16-6-4-3-5-7-16/h3-9,12,14H,10-11,13H2,1-2H3,(H,23,27)(H2,24,25,26,28). The molecule has 0 atom stereocenters. The average molecular weight is 441 g/mol. The number of benzene rings is 2. The molecule has 0 spiro atoms. The minimum Gasteiger partial charge on any atom is -0.493 e. The summed E-state index contributed by atoms with van der Waals surface area (Å²) in [5.41, 5.74) is 2.32. The minimum atomic E-state index is -0.383. The lowest BCUT2D eigenvalue weighted by atomic mass is 10.1. The molecule has 162 valence electrons. The highest BCUT2D eigenvalue weighted by Gasteiger charge is 2.10. The summed E-state index contributed by atoms with van der Waals surface area (Å²) in [6, 6.07) is 14.4. The number of ether oxygens (including phenoxy) is 2. The Balaban J connectivity index is 1.43. The third-order valence-corrected chi connectivity index (χ3v) is 5.14. The Hall–Kier alpha value is -3.59. The zero-order chi connectivity index (χ0) is 22.1. The number of carbonyl (C=O) groups is 2. The van der Waals surface area contributed by atoms with Crippen LogP contribution in [-0.2, 0) is 17.6 Å². The van der Waals surface area contributed by atoms with E-state index in [1.54, 1.807) is 31.7 Å². The summed E-state index contributed by atoms with van der Waals surface area (Å²) in [5, 5.41) is 10.5. The predicted molar refractivity (Wildman–Crippen MR) is 121 cm³/mol. The Bertz CT molecular complexity index is 1020. The van der Waals surface area contributed by atoms with Gasteiger partial charge in [-0.1, -0.05) is 24.3 Å². The van der Waals surface area contributed by atoms with E-state index in [0.717, 1.165) is 5.56 Å². The largest absolute Gasteiger partial charge is 0.493 e. The third kappa shape index (κ3) is 6.71. The number of amides is 3. The molecular formula is C22H24N4O4S. The maximum absolute atomic E-state index is 12.2. The summed E-state index contributed by atoms with van der Waals surface area (Å²) in [5.74, 6) is 1.19. The number of carbonyl (C=O) groups excluding carboxylic acids is 2. The fourth-order valence-electron chi connectivity index (χ4n) is 2.84. The number of hydrogen-bond donors (Lipinski definition) is 3. The van der Waals surface area contributed by atoms with E-state index in [1.165, 1.54) is 11.3 Å². The van der Waals surface area contributed by atoms with E-state index in [0.29, 0.717) is 41.0 Å². The zero-order valence-corrected chi connectivity index (χ0v) is 18.1. The summed E-state index contributed by atoms with van der Waals surface area (Å²) < 4.78 is 10.5. The van der Waals surface area contributed by atoms with Crippen LogP contribution < -0.4 is 25.4 Å². The highest BCUT2D eigenvalue weighted by atomic mass is 32.1. The van der Waals surface area contributed by atoms with E-state index in [9.17, 15) is 9.59 Å². The number of nitrogens with one attached hydrogen (secondary N) is 3. The van der Waals surface area contributed by atoms with Crippen molar-refractivity contribution in [2.45, 2.75) is 12.8 Å². The lowest BCUT2D eigenvalue weighted by molar-refractivity contribution is -0.120. The molecule has 8 nitrogen and oxygen atoms in total. The number of anilines is 2. The topological polar surface area (TPSA) is 102 Å². The molecule has 2 aromatic carbocycles. The number of methoxy groups -OCH3 is 2. The van der Waals surface area contributed by atoms with Crippen molar-refractivity contribution in [3.05, 3.63) is 65.2 Å². The molecule has 0 bridgehead atoms. The second-order valence-electron chi connectivity index (χ2n) is 6.56. The van der Waals surface area contributed by atoms with Gasteiger partial charge in [-0.05, 0) is 36.2 Å². The number of hydrogen-bond acceptors (Lipinski definition) is 6. The average Bonchev–Trinajstić information content (AvgIpc) is 3.20. The molecule has 3 amide bonds. The molecule has 0 unspecified atom stereocenters. The van der Waals surface area contributed by atoms with Crippen LogP contribution in [0, 0.1) is 0 Å². The molecule has 0 aliphatic carbocycles. The van der Waals surface area contributed by atoms with E-state index in [4.69, 9.17) is 9.47 Å².